The van der Waals surface area contributed by atoms with Crippen LogP contribution in [0.15, 0.2) is 34.9 Å². The quantitative estimate of drug-likeness (QED) is 0.425. The van der Waals surface area contributed by atoms with E-state index in [4.69, 9.17) is 5.73 Å². The van der Waals surface area contributed by atoms with Gasteiger partial charge in [-0.3, -0.25) is 9.69 Å². The van der Waals surface area contributed by atoms with Gasteiger partial charge in [-0.1, -0.05) is 31.2 Å². The fourth-order valence-corrected chi connectivity index (χ4v) is 6.96. The van der Waals surface area contributed by atoms with E-state index in [-0.39, 0.29) is 41.5 Å². The standard InChI is InChI=1S/C23H31N3O5S/c1-12-19-18(13(2)28)22(29)26(19)20(23(30)31)21(12)32-16-9-17(25(11-16)7-8-27)15-5-3-14(10-24)4-6-15/h3-6,12-13,16-19,27-28H,7-11,24H2,1-2H3,(H,30,31)/t12-,13-,16+,17-,18-,19-/m1/s1. The number of rotatable bonds is 8. The predicted octanol–water partition coefficient (Wildman–Crippen LogP) is 1.14. The minimum Gasteiger partial charge on any atom is -0.477 e. The minimum absolute atomic E-state index is 0.0503. The number of aliphatic carboxylic acids is 1. The SMILES string of the molecule is C[C@@H](O)[C@H]1C(=O)N2C(C(=O)O)=C(S[C@H]3C[C@H](c4ccc(CN)cc4)N(CCO)C3)[C@H](C)[C@H]12. The Hall–Kier alpha value is -1.91. The van der Waals surface area contributed by atoms with Crippen LogP contribution in [0.5, 0.6) is 0 Å². The maximum Gasteiger partial charge on any atom is 0.353 e. The van der Waals surface area contributed by atoms with Crippen LogP contribution in [0.1, 0.15) is 37.4 Å². The van der Waals surface area contributed by atoms with Gasteiger partial charge in [0.25, 0.3) is 0 Å². The summed E-state index contributed by atoms with van der Waals surface area (Å²) in [7, 11) is 0. The van der Waals surface area contributed by atoms with Crippen molar-refractivity contribution in [2.24, 2.45) is 17.6 Å². The van der Waals surface area contributed by atoms with Gasteiger partial charge in [0, 0.05) is 41.7 Å². The van der Waals surface area contributed by atoms with Gasteiger partial charge in [-0.25, -0.2) is 4.79 Å². The highest BCUT2D eigenvalue weighted by molar-refractivity contribution is 8.03. The fraction of sp³-hybridized carbons (Fsp3) is 0.565. The number of hydrogen-bond acceptors (Lipinski definition) is 7. The number of carbonyl (C=O) groups excluding carboxylic acids is 1. The lowest BCUT2D eigenvalue weighted by Gasteiger charge is -2.46. The Bertz CT molecular complexity index is 919. The molecule has 1 aromatic carbocycles. The van der Waals surface area contributed by atoms with Crippen molar-refractivity contribution in [3.8, 4) is 0 Å². The molecule has 0 aliphatic carbocycles. The van der Waals surface area contributed by atoms with Gasteiger partial charge in [-0.05, 0) is 24.5 Å². The molecule has 3 heterocycles. The average Bonchev–Trinajstić information content (AvgIpc) is 3.25. The van der Waals surface area contributed by atoms with Gasteiger partial charge in [-0.15, -0.1) is 11.8 Å². The second-order valence-electron chi connectivity index (χ2n) is 8.93. The molecule has 0 aromatic heterocycles. The number of aliphatic hydroxyl groups is 2. The molecule has 3 aliphatic heterocycles. The molecule has 0 unspecified atom stereocenters. The molecule has 5 N–H and O–H groups in total. The highest BCUT2D eigenvalue weighted by Crippen LogP contribution is 2.53. The van der Waals surface area contributed by atoms with E-state index in [1.807, 2.05) is 19.1 Å². The van der Waals surface area contributed by atoms with Crippen molar-refractivity contribution < 1.29 is 24.9 Å². The van der Waals surface area contributed by atoms with Gasteiger partial charge in [0.2, 0.25) is 5.91 Å². The number of amides is 1. The summed E-state index contributed by atoms with van der Waals surface area (Å²) in [6.07, 6.45) is 0.00628. The number of nitrogens with two attached hydrogens (primary N) is 1. The predicted molar refractivity (Wildman–Crippen MR) is 121 cm³/mol. The topological polar surface area (TPSA) is 127 Å². The Labute approximate surface area is 192 Å². The fourth-order valence-electron chi connectivity index (χ4n) is 5.40. The first-order chi connectivity index (χ1) is 15.3. The summed E-state index contributed by atoms with van der Waals surface area (Å²) in [5, 5.41) is 29.6. The zero-order valence-corrected chi connectivity index (χ0v) is 19.2. The number of hydrogen-bond donors (Lipinski definition) is 4. The van der Waals surface area contributed by atoms with Crippen molar-refractivity contribution >= 4 is 23.6 Å². The van der Waals surface area contributed by atoms with Crippen LogP contribution >= 0.6 is 11.8 Å². The van der Waals surface area contributed by atoms with Crippen molar-refractivity contribution in [1.29, 1.82) is 0 Å². The largest absolute Gasteiger partial charge is 0.477 e. The first-order valence-corrected chi connectivity index (χ1v) is 12.0. The van der Waals surface area contributed by atoms with Crippen LogP contribution in [0.4, 0.5) is 0 Å². The Kier molecular flexibility index (Phi) is 6.65. The molecule has 0 radical (unpaired) electrons. The average molecular weight is 462 g/mol. The van der Waals surface area contributed by atoms with E-state index in [9.17, 15) is 24.9 Å². The Morgan fingerprint density at radius 3 is 2.56 bits per heavy atom. The van der Waals surface area contributed by atoms with Crippen molar-refractivity contribution in [3.63, 3.8) is 0 Å². The zero-order valence-electron chi connectivity index (χ0n) is 18.3. The van der Waals surface area contributed by atoms with E-state index in [2.05, 4.69) is 17.0 Å². The molecule has 3 aliphatic rings. The van der Waals surface area contributed by atoms with E-state index in [1.54, 1.807) is 6.92 Å². The molecule has 1 amide bonds. The number of likely N-dealkylation sites (tertiary alicyclic amines) is 1. The van der Waals surface area contributed by atoms with E-state index in [1.165, 1.54) is 16.7 Å². The maximum absolute atomic E-state index is 12.6. The molecule has 0 bridgehead atoms. The maximum atomic E-state index is 12.6. The van der Waals surface area contributed by atoms with Crippen LogP contribution in [0.25, 0.3) is 0 Å². The second kappa shape index (κ2) is 9.15. The van der Waals surface area contributed by atoms with Crippen LogP contribution in [-0.2, 0) is 16.1 Å². The van der Waals surface area contributed by atoms with Crippen LogP contribution in [0.2, 0.25) is 0 Å². The van der Waals surface area contributed by atoms with Gasteiger partial charge >= 0.3 is 5.97 Å². The summed E-state index contributed by atoms with van der Waals surface area (Å²) in [5.74, 6) is -2.10. The van der Waals surface area contributed by atoms with Crippen LogP contribution in [0.3, 0.4) is 0 Å². The number of β-lactam (4-membered cyclic amide) rings is 1. The third-order valence-electron chi connectivity index (χ3n) is 6.96. The summed E-state index contributed by atoms with van der Waals surface area (Å²) >= 11 is 1.54. The number of aliphatic hydroxyl groups excluding tert-OH is 2. The van der Waals surface area contributed by atoms with E-state index in [0.29, 0.717) is 18.0 Å². The number of carboxylic acid groups (broad SMARTS) is 1. The Balaban J connectivity index is 1.56. The first-order valence-electron chi connectivity index (χ1n) is 11.1. The summed E-state index contributed by atoms with van der Waals surface area (Å²) in [4.78, 5) is 29.0. The van der Waals surface area contributed by atoms with Crippen molar-refractivity contribution in [1.82, 2.24) is 9.80 Å². The molecule has 0 saturated carbocycles. The van der Waals surface area contributed by atoms with Crippen LogP contribution in [0, 0.1) is 11.8 Å². The normalized spacial score (nSPS) is 31.1. The molecule has 174 valence electrons. The lowest BCUT2D eigenvalue weighted by molar-refractivity contribution is -0.163. The lowest BCUT2D eigenvalue weighted by Crippen LogP contribution is -2.63. The summed E-state index contributed by atoms with van der Waals surface area (Å²) in [5.41, 5.74) is 7.99. The molecule has 2 fully saturated rings. The monoisotopic (exact) mass is 461 g/mol. The highest BCUT2D eigenvalue weighted by Gasteiger charge is 2.60. The van der Waals surface area contributed by atoms with E-state index in [0.717, 1.165) is 24.1 Å². The minimum atomic E-state index is -1.10. The second-order valence-corrected chi connectivity index (χ2v) is 10.3. The number of β-amino-alcohol motifs (C(OH)–C–C–N with tert-alkyl or cyclic N) is 1. The summed E-state index contributed by atoms with van der Waals surface area (Å²) in [6, 6.07) is 8.00. The lowest BCUT2D eigenvalue weighted by atomic mass is 9.79. The molecular formula is C23H31N3O5S. The molecule has 0 spiro atoms. The zero-order chi connectivity index (χ0) is 23.2. The van der Waals surface area contributed by atoms with Crippen LogP contribution in [-0.4, -0.2) is 74.1 Å². The van der Waals surface area contributed by atoms with E-state index >= 15 is 0 Å². The Morgan fingerprint density at radius 2 is 2.00 bits per heavy atom. The third-order valence-corrected chi connectivity index (χ3v) is 8.45. The van der Waals surface area contributed by atoms with Crippen molar-refractivity contribution in [2.75, 3.05) is 19.7 Å². The summed E-state index contributed by atoms with van der Waals surface area (Å²) < 4.78 is 0. The van der Waals surface area contributed by atoms with Gasteiger partial charge in [0.15, 0.2) is 0 Å². The van der Waals surface area contributed by atoms with E-state index < -0.39 is 18.0 Å². The number of nitrogens with zero attached hydrogens (tertiary/aromatic N) is 2. The number of carbonyl (C=O) groups is 2. The smallest absolute Gasteiger partial charge is 0.353 e. The molecule has 1 aromatic rings. The molecule has 4 rings (SSSR count). The number of fused-ring (bicyclic) bond motifs is 1. The number of benzene rings is 1. The van der Waals surface area contributed by atoms with Gasteiger partial charge < -0.3 is 26.0 Å². The molecule has 8 nitrogen and oxygen atoms in total. The van der Waals surface area contributed by atoms with Crippen molar-refractivity contribution in [2.45, 2.75) is 50.3 Å². The number of carboxylic acids is 1. The highest BCUT2D eigenvalue weighted by atomic mass is 32.2. The van der Waals surface area contributed by atoms with Gasteiger partial charge in [-0.2, -0.15) is 0 Å². The molecule has 32 heavy (non-hydrogen) atoms. The molecular weight excluding hydrogens is 430 g/mol. The van der Waals surface area contributed by atoms with Crippen molar-refractivity contribution in [3.05, 3.63) is 46.0 Å². The Morgan fingerprint density at radius 1 is 1.31 bits per heavy atom. The molecule has 2 saturated heterocycles. The molecule has 6 atom stereocenters. The van der Waals surface area contributed by atoms with Gasteiger partial charge in [0.05, 0.1) is 24.7 Å². The molecule has 9 heteroatoms. The summed E-state index contributed by atoms with van der Waals surface area (Å²) in [6.45, 7) is 5.32. The third kappa shape index (κ3) is 3.86. The van der Waals surface area contributed by atoms with Crippen LogP contribution < -0.4 is 5.73 Å². The van der Waals surface area contributed by atoms with Gasteiger partial charge in [0.1, 0.15) is 5.70 Å². The first kappa shape index (κ1) is 23.3. The number of thioether (sulfide) groups is 1.